The van der Waals surface area contributed by atoms with Gasteiger partial charge in [0.05, 0.1) is 5.60 Å². The van der Waals surface area contributed by atoms with Gasteiger partial charge in [0, 0.05) is 5.75 Å². The third-order valence-corrected chi connectivity index (χ3v) is 1.41. The summed E-state index contributed by atoms with van der Waals surface area (Å²) in [7, 11) is 0. The van der Waals surface area contributed by atoms with Gasteiger partial charge in [-0.1, -0.05) is 11.1 Å². The molecule has 8 heavy (non-hydrogen) atoms. The first kappa shape index (κ1) is 8.07. The van der Waals surface area contributed by atoms with Gasteiger partial charge in [0.15, 0.2) is 0 Å². The van der Waals surface area contributed by atoms with Crippen molar-refractivity contribution in [2.75, 3.05) is 5.75 Å². The molecule has 0 aromatic rings. The minimum absolute atomic E-state index is 0.201. The Morgan fingerprint density at radius 3 is 2.12 bits per heavy atom. The molecule has 0 aliphatic rings. The minimum Gasteiger partial charge on any atom is -0.772 e. The van der Waals surface area contributed by atoms with E-state index in [0.29, 0.717) is 0 Å². The Morgan fingerprint density at radius 1 is 1.75 bits per heavy atom. The number of hydrogen-bond acceptors (Lipinski definition) is 3. The van der Waals surface area contributed by atoms with Gasteiger partial charge in [-0.15, -0.1) is 0 Å². The zero-order valence-electron chi connectivity index (χ0n) is 4.88. The predicted octanol–water partition coefficient (Wildman–Crippen LogP) is -0.364. The van der Waals surface area contributed by atoms with Gasteiger partial charge in [0.1, 0.15) is 0 Å². The molecule has 0 aliphatic heterocycles. The summed E-state index contributed by atoms with van der Waals surface area (Å²) in [5.41, 5.74) is -1.09. The number of hydrogen-bond donors (Lipinski definition) is 1. The average molecular weight is 137 g/mol. The fourth-order valence-corrected chi connectivity index (χ4v) is 0.865. The predicted molar refractivity (Wildman–Crippen MR) is 30.1 cm³/mol. The van der Waals surface area contributed by atoms with Crippen LogP contribution in [0.15, 0.2) is 0 Å². The average Bonchev–Trinajstić information content (AvgIpc) is 1.21. The molecule has 0 bridgehead atoms. The molecule has 1 N–H and O–H groups in total. The molecule has 0 aromatic carbocycles. The first-order valence-corrected chi connectivity index (χ1v) is 3.44. The summed E-state index contributed by atoms with van der Waals surface area (Å²) in [4.78, 5) is 0. The molecule has 0 radical (unpaired) electrons. The molecule has 1 atom stereocenters. The fourth-order valence-electron chi connectivity index (χ4n) is 0.288. The lowest BCUT2D eigenvalue weighted by Crippen LogP contribution is -2.26. The SMILES string of the molecule is CC(C)(O)CS(=O)[O-]. The van der Waals surface area contributed by atoms with E-state index in [-0.39, 0.29) is 5.75 Å². The molecule has 4 heteroatoms. The van der Waals surface area contributed by atoms with Crippen LogP contribution < -0.4 is 0 Å². The monoisotopic (exact) mass is 137 g/mol. The van der Waals surface area contributed by atoms with Crippen LogP contribution in [0.4, 0.5) is 0 Å². The lowest BCUT2D eigenvalue weighted by molar-refractivity contribution is 0.104. The zero-order chi connectivity index (χ0) is 6.78. The lowest BCUT2D eigenvalue weighted by Gasteiger charge is -2.17. The van der Waals surface area contributed by atoms with E-state index in [1.807, 2.05) is 0 Å². The van der Waals surface area contributed by atoms with E-state index in [9.17, 15) is 8.76 Å². The standard InChI is InChI=1S/C4H10O3S/c1-4(2,5)3-8(6)7/h5H,3H2,1-2H3,(H,6,7)/p-1. The highest BCUT2D eigenvalue weighted by Gasteiger charge is 2.11. The fraction of sp³-hybridized carbons (Fsp3) is 1.00. The van der Waals surface area contributed by atoms with Crippen molar-refractivity contribution in [3.63, 3.8) is 0 Å². The van der Waals surface area contributed by atoms with E-state index in [0.717, 1.165) is 0 Å². The summed E-state index contributed by atoms with van der Waals surface area (Å²) < 4.78 is 19.7. The zero-order valence-corrected chi connectivity index (χ0v) is 5.70. The maximum atomic E-state index is 9.85. The van der Waals surface area contributed by atoms with Gasteiger partial charge in [-0.25, -0.2) is 0 Å². The molecular weight excluding hydrogens is 128 g/mol. The second-order valence-corrected chi connectivity index (χ2v) is 3.16. The van der Waals surface area contributed by atoms with Crippen molar-refractivity contribution in [2.45, 2.75) is 19.4 Å². The molecule has 0 saturated carbocycles. The molecule has 0 aliphatic carbocycles. The summed E-state index contributed by atoms with van der Waals surface area (Å²) in [6.45, 7) is 2.89. The van der Waals surface area contributed by atoms with Crippen LogP contribution in [-0.2, 0) is 11.1 Å². The van der Waals surface area contributed by atoms with Crippen LogP contribution in [0.1, 0.15) is 13.8 Å². The molecule has 0 heterocycles. The number of rotatable bonds is 2. The number of aliphatic hydroxyl groups is 1. The first-order chi connectivity index (χ1) is 3.42. The maximum Gasteiger partial charge on any atom is 0.0695 e. The Balaban J connectivity index is 3.55. The van der Waals surface area contributed by atoms with Gasteiger partial charge >= 0.3 is 0 Å². The van der Waals surface area contributed by atoms with Gasteiger partial charge < -0.3 is 9.66 Å². The normalized spacial score (nSPS) is 16.0. The highest BCUT2D eigenvalue weighted by Crippen LogP contribution is 2.00. The van der Waals surface area contributed by atoms with Crippen LogP contribution in [0, 0.1) is 0 Å². The third-order valence-electron chi connectivity index (χ3n) is 0.471. The minimum atomic E-state index is -2.14. The molecule has 0 spiro atoms. The smallest absolute Gasteiger partial charge is 0.0695 e. The second-order valence-electron chi connectivity index (χ2n) is 2.26. The molecular formula is C4H9O3S-. The highest BCUT2D eigenvalue weighted by molar-refractivity contribution is 7.79. The summed E-state index contributed by atoms with van der Waals surface area (Å²) >= 11 is -2.14. The molecule has 50 valence electrons. The maximum absolute atomic E-state index is 9.85. The largest absolute Gasteiger partial charge is 0.772 e. The first-order valence-electron chi connectivity index (χ1n) is 2.20. The molecule has 0 rings (SSSR count). The van der Waals surface area contributed by atoms with E-state index in [4.69, 9.17) is 5.11 Å². The van der Waals surface area contributed by atoms with Gasteiger partial charge in [-0.05, 0) is 13.8 Å². The lowest BCUT2D eigenvalue weighted by atomic mass is 10.2. The third kappa shape index (κ3) is 6.07. The quantitative estimate of drug-likeness (QED) is 0.528. The van der Waals surface area contributed by atoms with Crippen molar-refractivity contribution in [3.05, 3.63) is 0 Å². The van der Waals surface area contributed by atoms with E-state index >= 15 is 0 Å². The van der Waals surface area contributed by atoms with Gasteiger partial charge in [0.25, 0.3) is 0 Å². The molecule has 1 unspecified atom stereocenters. The molecule has 0 amide bonds. The summed E-state index contributed by atoms with van der Waals surface area (Å²) in [5, 5.41) is 8.80. The van der Waals surface area contributed by atoms with Crippen LogP contribution in [0.3, 0.4) is 0 Å². The van der Waals surface area contributed by atoms with Crippen LogP contribution >= 0.6 is 0 Å². The Hall–Kier alpha value is 0.0700. The summed E-state index contributed by atoms with van der Waals surface area (Å²) in [6, 6.07) is 0. The Labute approximate surface area is 51.0 Å². The van der Waals surface area contributed by atoms with Crippen molar-refractivity contribution in [3.8, 4) is 0 Å². The molecule has 3 nitrogen and oxygen atoms in total. The Kier molecular flexibility index (Phi) is 2.59. The van der Waals surface area contributed by atoms with Crippen molar-refractivity contribution in [1.29, 1.82) is 0 Å². The van der Waals surface area contributed by atoms with Crippen LogP contribution in [0.5, 0.6) is 0 Å². The van der Waals surface area contributed by atoms with Crippen molar-refractivity contribution in [2.24, 2.45) is 0 Å². The van der Waals surface area contributed by atoms with Crippen molar-refractivity contribution in [1.82, 2.24) is 0 Å². The van der Waals surface area contributed by atoms with E-state index in [1.165, 1.54) is 13.8 Å². The molecule has 0 aromatic heterocycles. The summed E-state index contributed by atoms with van der Waals surface area (Å²) in [6.07, 6.45) is 0. The Morgan fingerprint density at radius 2 is 2.12 bits per heavy atom. The molecule has 0 saturated heterocycles. The van der Waals surface area contributed by atoms with E-state index in [2.05, 4.69) is 0 Å². The van der Waals surface area contributed by atoms with E-state index < -0.39 is 16.7 Å². The van der Waals surface area contributed by atoms with Crippen molar-refractivity contribution < 1.29 is 13.9 Å². The van der Waals surface area contributed by atoms with Crippen LogP contribution in [0.2, 0.25) is 0 Å². The second kappa shape index (κ2) is 2.57. The van der Waals surface area contributed by atoms with Gasteiger partial charge in [0.2, 0.25) is 0 Å². The van der Waals surface area contributed by atoms with Gasteiger partial charge in [-0.3, -0.25) is 4.21 Å². The highest BCUT2D eigenvalue weighted by atomic mass is 32.2. The molecule has 0 fully saturated rings. The van der Waals surface area contributed by atoms with E-state index in [1.54, 1.807) is 0 Å². The summed E-state index contributed by atoms with van der Waals surface area (Å²) in [5.74, 6) is -0.201. The van der Waals surface area contributed by atoms with Crippen LogP contribution in [0.25, 0.3) is 0 Å². The van der Waals surface area contributed by atoms with Crippen LogP contribution in [-0.4, -0.2) is 25.2 Å². The Bertz CT molecular complexity index is 93.9. The van der Waals surface area contributed by atoms with Gasteiger partial charge in [-0.2, -0.15) is 0 Å². The van der Waals surface area contributed by atoms with Crippen molar-refractivity contribution >= 4 is 11.1 Å². The topological polar surface area (TPSA) is 60.4 Å².